The Hall–Kier alpha value is -3.68. The molecule has 2 fully saturated rings. The first-order valence-electron chi connectivity index (χ1n) is 14.4. The first kappa shape index (κ1) is 24.4. The van der Waals surface area contributed by atoms with Crippen LogP contribution in [-0.2, 0) is 6.54 Å². The van der Waals surface area contributed by atoms with E-state index in [1.54, 1.807) is 0 Å². The average Bonchev–Trinajstić information content (AvgIpc) is 3.73. The number of anilines is 1. The SMILES string of the molecule is CN1CCN(c2cccc3[nH]c(-c4n[nH]c5ccc(-c6cncc(CNCC7CCCC7)c6)cc45)cc23)CC1. The van der Waals surface area contributed by atoms with Crippen molar-refractivity contribution in [3.05, 3.63) is 66.5 Å². The van der Waals surface area contributed by atoms with Crippen LogP contribution in [-0.4, -0.2) is 64.8 Å². The molecular formula is C32H37N7. The maximum absolute atomic E-state index is 4.74. The first-order valence-corrected chi connectivity index (χ1v) is 14.4. The van der Waals surface area contributed by atoms with Crippen LogP contribution < -0.4 is 10.2 Å². The van der Waals surface area contributed by atoms with Crippen LogP contribution in [0.5, 0.6) is 0 Å². The lowest BCUT2D eigenvalue weighted by atomic mass is 10.0. The van der Waals surface area contributed by atoms with Crippen molar-refractivity contribution in [2.45, 2.75) is 32.2 Å². The minimum Gasteiger partial charge on any atom is -0.368 e. The van der Waals surface area contributed by atoms with Gasteiger partial charge in [0.05, 0.1) is 11.2 Å². The molecule has 5 aromatic rings. The molecule has 7 rings (SSSR count). The van der Waals surface area contributed by atoms with Crippen LogP contribution in [0.2, 0.25) is 0 Å². The van der Waals surface area contributed by atoms with Gasteiger partial charge in [0.2, 0.25) is 0 Å². The number of nitrogens with zero attached hydrogens (tertiary/aromatic N) is 4. The van der Waals surface area contributed by atoms with Gasteiger partial charge in [-0.1, -0.05) is 25.0 Å². The van der Waals surface area contributed by atoms with Crippen molar-refractivity contribution in [2.24, 2.45) is 5.92 Å². The number of aromatic amines is 2. The number of H-pyrrole nitrogens is 2. The number of nitrogens with one attached hydrogen (secondary N) is 3. The number of hydrogen-bond donors (Lipinski definition) is 3. The van der Waals surface area contributed by atoms with Crippen molar-refractivity contribution in [1.82, 2.24) is 30.4 Å². The minimum absolute atomic E-state index is 0.838. The fourth-order valence-corrected chi connectivity index (χ4v) is 6.37. The Kier molecular flexibility index (Phi) is 6.54. The normalized spacial score (nSPS) is 17.1. The summed E-state index contributed by atoms with van der Waals surface area (Å²) in [4.78, 5) is 13.1. The van der Waals surface area contributed by atoms with Crippen molar-refractivity contribution in [3.8, 4) is 22.5 Å². The van der Waals surface area contributed by atoms with E-state index < -0.39 is 0 Å². The molecule has 1 aliphatic carbocycles. The van der Waals surface area contributed by atoms with Crippen molar-refractivity contribution < 1.29 is 0 Å². The highest BCUT2D eigenvalue weighted by Crippen LogP contribution is 2.35. The van der Waals surface area contributed by atoms with E-state index in [1.807, 2.05) is 12.4 Å². The van der Waals surface area contributed by atoms with E-state index in [-0.39, 0.29) is 0 Å². The van der Waals surface area contributed by atoms with Crippen LogP contribution >= 0.6 is 0 Å². The van der Waals surface area contributed by atoms with Gasteiger partial charge in [0, 0.05) is 72.7 Å². The lowest BCUT2D eigenvalue weighted by Crippen LogP contribution is -2.44. The van der Waals surface area contributed by atoms with Gasteiger partial charge >= 0.3 is 0 Å². The van der Waals surface area contributed by atoms with Crippen molar-refractivity contribution >= 4 is 27.5 Å². The molecule has 2 aliphatic rings. The Morgan fingerprint density at radius 2 is 1.77 bits per heavy atom. The molecule has 1 saturated heterocycles. The van der Waals surface area contributed by atoms with Crippen LogP contribution in [0.15, 0.2) is 60.9 Å². The fraction of sp³-hybridized carbons (Fsp3) is 0.375. The van der Waals surface area contributed by atoms with E-state index in [1.165, 1.54) is 42.3 Å². The summed E-state index contributed by atoms with van der Waals surface area (Å²) in [7, 11) is 2.20. The third kappa shape index (κ3) is 4.92. The summed E-state index contributed by atoms with van der Waals surface area (Å²) in [5, 5.41) is 14.0. The first-order chi connectivity index (χ1) is 19.2. The Morgan fingerprint density at radius 1 is 0.897 bits per heavy atom. The highest BCUT2D eigenvalue weighted by molar-refractivity contribution is 6.01. The van der Waals surface area contributed by atoms with Crippen LogP contribution in [0, 0.1) is 5.92 Å². The van der Waals surface area contributed by atoms with E-state index >= 15 is 0 Å². The average molecular weight is 520 g/mol. The van der Waals surface area contributed by atoms with Crippen LogP contribution in [0.3, 0.4) is 0 Å². The van der Waals surface area contributed by atoms with Crippen molar-refractivity contribution in [3.63, 3.8) is 0 Å². The molecule has 7 heteroatoms. The zero-order valence-electron chi connectivity index (χ0n) is 22.7. The third-order valence-electron chi connectivity index (χ3n) is 8.67. The number of benzene rings is 2. The van der Waals surface area contributed by atoms with Gasteiger partial charge in [-0.2, -0.15) is 5.10 Å². The zero-order valence-corrected chi connectivity index (χ0v) is 22.7. The second kappa shape index (κ2) is 10.5. The minimum atomic E-state index is 0.838. The largest absolute Gasteiger partial charge is 0.368 e. The topological polar surface area (TPSA) is 75.9 Å². The predicted molar refractivity (Wildman–Crippen MR) is 160 cm³/mol. The molecule has 0 amide bonds. The van der Waals surface area contributed by atoms with Crippen LogP contribution in [0.1, 0.15) is 31.2 Å². The number of pyridine rings is 1. The maximum atomic E-state index is 4.74. The zero-order chi connectivity index (χ0) is 26.2. The van der Waals surface area contributed by atoms with E-state index in [2.05, 4.69) is 85.8 Å². The second-order valence-corrected chi connectivity index (χ2v) is 11.4. The quantitative estimate of drug-likeness (QED) is 0.253. The Morgan fingerprint density at radius 3 is 2.64 bits per heavy atom. The molecule has 2 aromatic carbocycles. The van der Waals surface area contributed by atoms with Crippen LogP contribution in [0.25, 0.3) is 44.3 Å². The Labute approximate surface area is 229 Å². The van der Waals surface area contributed by atoms with Gasteiger partial charge in [0.15, 0.2) is 0 Å². The van der Waals surface area contributed by atoms with Gasteiger partial charge in [-0.3, -0.25) is 10.1 Å². The number of hydrogen-bond acceptors (Lipinski definition) is 5. The molecular weight excluding hydrogens is 482 g/mol. The van der Waals surface area contributed by atoms with Gasteiger partial charge in [-0.25, -0.2) is 0 Å². The predicted octanol–water partition coefficient (Wildman–Crippen LogP) is 5.80. The number of piperazine rings is 1. The molecule has 39 heavy (non-hydrogen) atoms. The van der Waals surface area contributed by atoms with Crippen LogP contribution in [0.4, 0.5) is 5.69 Å². The Bertz CT molecular complexity index is 1580. The molecule has 4 heterocycles. The summed E-state index contributed by atoms with van der Waals surface area (Å²) in [6.07, 6.45) is 9.45. The highest BCUT2D eigenvalue weighted by atomic mass is 15.2. The molecule has 0 bridgehead atoms. The van der Waals surface area contributed by atoms with Crippen molar-refractivity contribution in [2.75, 3.05) is 44.7 Å². The number of fused-ring (bicyclic) bond motifs is 2. The van der Waals surface area contributed by atoms with E-state index in [4.69, 9.17) is 5.10 Å². The molecule has 1 aliphatic heterocycles. The molecule has 0 radical (unpaired) electrons. The lowest BCUT2D eigenvalue weighted by Gasteiger charge is -2.34. The summed E-state index contributed by atoms with van der Waals surface area (Å²) in [6, 6.07) is 17.6. The molecule has 3 aromatic heterocycles. The molecule has 3 N–H and O–H groups in total. The monoisotopic (exact) mass is 519 g/mol. The second-order valence-electron chi connectivity index (χ2n) is 11.4. The van der Waals surface area contributed by atoms with Gasteiger partial charge in [0.1, 0.15) is 5.69 Å². The van der Waals surface area contributed by atoms with E-state index in [0.717, 1.165) is 84.1 Å². The maximum Gasteiger partial charge on any atom is 0.116 e. The van der Waals surface area contributed by atoms with Gasteiger partial charge < -0.3 is 20.1 Å². The molecule has 1 saturated carbocycles. The standard InChI is InChI=1S/C32H37N7/c1-38-11-13-39(14-12-38)31-8-4-7-28-26(31)17-30(35-28)32-27-16-24(9-10-29(27)36-37-32)25-15-23(20-34-21-25)19-33-18-22-5-2-3-6-22/h4,7-10,15-17,20-22,33,35H,2-3,5-6,11-14,18-19H2,1H3,(H,36,37). The molecule has 0 unspecified atom stereocenters. The van der Waals surface area contributed by atoms with Gasteiger partial charge in [-0.15, -0.1) is 0 Å². The van der Waals surface area contributed by atoms with Gasteiger partial charge in [0.25, 0.3) is 0 Å². The smallest absolute Gasteiger partial charge is 0.116 e. The van der Waals surface area contributed by atoms with E-state index in [0.29, 0.717) is 0 Å². The Balaban J connectivity index is 1.17. The highest BCUT2D eigenvalue weighted by Gasteiger charge is 2.19. The summed E-state index contributed by atoms with van der Waals surface area (Å²) in [6.45, 7) is 6.25. The summed E-state index contributed by atoms with van der Waals surface area (Å²) in [5.74, 6) is 0.838. The number of likely N-dealkylation sites (N-methyl/N-ethyl adjacent to an activating group) is 1. The van der Waals surface area contributed by atoms with Gasteiger partial charge in [-0.05, 0) is 79.9 Å². The third-order valence-corrected chi connectivity index (χ3v) is 8.67. The van der Waals surface area contributed by atoms with E-state index in [9.17, 15) is 0 Å². The fourth-order valence-electron chi connectivity index (χ4n) is 6.37. The molecule has 0 atom stereocenters. The summed E-state index contributed by atoms with van der Waals surface area (Å²) in [5.41, 5.74) is 9.00. The summed E-state index contributed by atoms with van der Waals surface area (Å²) >= 11 is 0. The molecule has 200 valence electrons. The molecule has 7 nitrogen and oxygen atoms in total. The number of rotatable bonds is 7. The molecule has 0 spiro atoms. The van der Waals surface area contributed by atoms with Crippen molar-refractivity contribution in [1.29, 1.82) is 0 Å². The number of aromatic nitrogens is 4. The lowest BCUT2D eigenvalue weighted by molar-refractivity contribution is 0.313. The summed E-state index contributed by atoms with van der Waals surface area (Å²) < 4.78 is 0.